The number of nitriles is 3. The zero-order chi connectivity index (χ0) is 44.1. The third-order valence-electron chi connectivity index (χ3n) is 12.9. The highest BCUT2D eigenvalue weighted by atomic mass is 16.3. The quantitative estimate of drug-likeness (QED) is 0.154. The van der Waals surface area contributed by atoms with Crippen molar-refractivity contribution in [3.8, 4) is 18.2 Å². The number of hydrogen-bond donors (Lipinski definition) is 2. The van der Waals surface area contributed by atoms with Crippen molar-refractivity contribution in [2.24, 2.45) is 0 Å². The van der Waals surface area contributed by atoms with E-state index in [1.807, 2.05) is 74.5 Å². The van der Waals surface area contributed by atoms with Gasteiger partial charge in [0.1, 0.15) is 41.6 Å². The molecule has 316 valence electrons. The van der Waals surface area contributed by atoms with Crippen LogP contribution in [0.3, 0.4) is 0 Å². The summed E-state index contributed by atoms with van der Waals surface area (Å²) < 4.78 is 0. The molecule has 0 spiro atoms. The van der Waals surface area contributed by atoms with Gasteiger partial charge in [-0.2, -0.15) is 15.8 Å². The summed E-state index contributed by atoms with van der Waals surface area (Å²) in [5.41, 5.74) is 4.60. The highest BCUT2D eigenvalue weighted by Crippen LogP contribution is 2.36. The normalized spacial score (nSPS) is 22.8. The van der Waals surface area contributed by atoms with Gasteiger partial charge in [0.25, 0.3) is 0 Å². The fraction of sp³-hybridized carbons (Fsp3) is 0.380. The third-order valence-corrected chi connectivity index (χ3v) is 12.9. The fourth-order valence-corrected chi connectivity index (χ4v) is 9.71. The van der Waals surface area contributed by atoms with Crippen LogP contribution in [0.5, 0.6) is 0 Å². The average molecular weight is 828 g/mol. The van der Waals surface area contributed by atoms with Crippen molar-refractivity contribution in [3.05, 3.63) is 108 Å². The Morgan fingerprint density at radius 2 is 0.887 bits per heavy atom. The number of carbonyl (C=O) groups is 1. The first-order valence-electron chi connectivity index (χ1n) is 21.5. The molecule has 0 aliphatic carbocycles. The van der Waals surface area contributed by atoms with E-state index in [0.717, 1.165) is 94.2 Å². The largest absolute Gasteiger partial charge is 0.391 e. The molecule has 3 aromatic heterocycles. The maximum Gasteiger partial charge on any atom is 0.148 e. The number of fused-ring (bicyclic) bond motifs is 3. The summed E-state index contributed by atoms with van der Waals surface area (Å²) in [4.78, 5) is 30.2. The minimum atomic E-state index is -0.349. The monoisotopic (exact) mass is 827 g/mol. The van der Waals surface area contributed by atoms with Crippen molar-refractivity contribution in [1.82, 2.24) is 15.0 Å². The second-order valence-electron chi connectivity index (χ2n) is 16.9. The van der Waals surface area contributed by atoms with E-state index in [0.29, 0.717) is 35.2 Å². The van der Waals surface area contributed by atoms with Gasteiger partial charge in [-0.3, -0.25) is 0 Å². The van der Waals surface area contributed by atoms with Crippen LogP contribution >= 0.6 is 0 Å². The molecule has 3 aliphatic heterocycles. The van der Waals surface area contributed by atoms with Gasteiger partial charge in [-0.25, -0.2) is 15.0 Å². The molecule has 0 radical (unpaired) electrons. The van der Waals surface area contributed by atoms with Gasteiger partial charge in [0.15, 0.2) is 0 Å². The van der Waals surface area contributed by atoms with Crippen LogP contribution in [-0.4, -0.2) is 79.9 Å². The van der Waals surface area contributed by atoms with Gasteiger partial charge in [-0.05, 0) is 162 Å². The molecule has 6 heterocycles. The maximum absolute atomic E-state index is 11.2. The minimum Gasteiger partial charge on any atom is -0.391 e. The second kappa shape index (κ2) is 19.0. The number of hydrogen-bond acceptors (Lipinski definition) is 12. The Morgan fingerprint density at radius 1 is 0.548 bits per heavy atom. The zero-order valence-electron chi connectivity index (χ0n) is 35.9. The molecule has 0 bridgehead atoms. The minimum absolute atomic E-state index is 0.0419. The summed E-state index contributed by atoms with van der Waals surface area (Å²) in [6.45, 7) is 10.2. The summed E-state index contributed by atoms with van der Waals surface area (Å²) in [6, 6.07) is 31.7. The summed E-state index contributed by atoms with van der Waals surface area (Å²) >= 11 is 0. The lowest BCUT2D eigenvalue weighted by molar-refractivity contribution is -0.108. The molecule has 8 atom stereocenters. The Balaban J connectivity index is 0.000000140. The van der Waals surface area contributed by atoms with Crippen molar-refractivity contribution < 1.29 is 15.0 Å². The number of pyridine rings is 3. The first-order valence-corrected chi connectivity index (χ1v) is 21.5. The maximum atomic E-state index is 11.2. The van der Waals surface area contributed by atoms with Crippen LogP contribution in [0.15, 0.2) is 91.4 Å². The second-order valence-corrected chi connectivity index (χ2v) is 16.9. The molecule has 12 nitrogen and oxygen atoms in total. The fourth-order valence-electron chi connectivity index (χ4n) is 9.71. The SMILES string of the molecule is C[C@@H]1CC[C@H](C=O)N1c1ccc2c(C#N)nccc2c1.C[C@@H]1CC[C@H]([C@@H](C)O)N1c1ccc2c(C#N)nccc2c1.C[C@H](O)[C@H]1CC[C@@H](C)N1c1ccc2c(C#N)nccc2c1. The molecule has 6 aromatic rings. The molecular weight excluding hydrogens is 775 g/mol. The number of anilines is 3. The van der Waals surface area contributed by atoms with Crippen LogP contribution in [0.2, 0.25) is 0 Å². The topological polar surface area (TPSA) is 177 Å². The van der Waals surface area contributed by atoms with Gasteiger partial charge in [0.05, 0.1) is 30.3 Å². The predicted molar refractivity (Wildman–Crippen MR) is 244 cm³/mol. The standard InChI is InChI=1S/2C17H19N3O.C16H15N3O/c2*1-11-3-6-17(12(2)21)20(11)14-4-5-15-13(9-14)7-8-19-16(15)10-18;1-11-2-3-14(10-20)19(11)13-4-5-15-12(8-13)6-7-18-16(15)9-17/h2*4-5,7-9,11-12,17,21H,3,6H2,1-2H3;4-8,10-11,14H,2-3H2,1H3/t11-,12+,17-;11-,12-,17-;11-,14-/m111/s1. The summed E-state index contributed by atoms with van der Waals surface area (Å²) in [5.74, 6) is 0. The smallest absolute Gasteiger partial charge is 0.148 e. The molecule has 3 aromatic carbocycles. The molecule has 12 heteroatoms. The van der Waals surface area contributed by atoms with Gasteiger partial charge in [-0.1, -0.05) is 0 Å². The van der Waals surface area contributed by atoms with Gasteiger partial charge in [0.2, 0.25) is 0 Å². The van der Waals surface area contributed by atoms with E-state index in [9.17, 15) is 15.0 Å². The lowest BCUT2D eigenvalue weighted by Gasteiger charge is -2.32. The van der Waals surface area contributed by atoms with Gasteiger partial charge in [0, 0.05) is 69.9 Å². The van der Waals surface area contributed by atoms with Crippen molar-refractivity contribution in [1.29, 1.82) is 15.8 Å². The molecule has 3 fully saturated rings. The number of rotatable bonds is 6. The van der Waals surface area contributed by atoms with Crippen LogP contribution in [0, 0.1) is 34.0 Å². The highest BCUT2D eigenvalue weighted by molar-refractivity contribution is 5.91. The Kier molecular flexibility index (Phi) is 13.3. The number of nitrogens with zero attached hydrogens (tertiary/aromatic N) is 9. The van der Waals surface area contributed by atoms with E-state index < -0.39 is 0 Å². The number of aromatic nitrogens is 3. The first-order chi connectivity index (χ1) is 30.0. The molecule has 2 N–H and O–H groups in total. The number of aliphatic hydroxyl groups excluding tert-OH is 2. The van der Waals surface area contributed by atoms with Crippen LogP contribution < -0.4 is 14.7 Å². The Morgan fingerprint density at radius 3 is 1.23 bits per heavy atom. The number of aldehydes is 1. The van der Waals surface area contributed by atoms with Crippen LogP contribution in [-0.2, 0) is 4.79 Å². The Labute approximate surface area is 363 Å². The summed E-state index contributed by atoms with van der Waals surface area (Å²) in [6.07, 6.45) is 11.5. The van der Waals surface area contributed by atoms with Crippen molar-refractivity contribution in [3.63, 3.8) is 0 Å². The molecule has 3 aliphatic rings. The molecule has 62 heavy (non-hydrogen) atoms. The molecule has 0 saturated carbocycles. The van der Waals surface area contributed by atoms with Crippen LogP contribution in [0.4, 0.5) is 17.1 Å². The lowest BCUT2D eigenvalue weighted by atomic mass is 10.1. The molecule has 3 saturated heterocycles. The number of aliphatic hydroxyl groups is 2. The molecule has 9 rings (SSSR count). The summed E-state index contributed by atoms with van der Waals surface area (Å²) in [7, 11) is 0. The van der Waals surface area contributed by atoms with Gasteiger partial charge < -0.3 is 29.7 Å². The first kappa shape index (κ1) is 43.4. The predicted octanol–water partition coefficient (Wildman–Crippen LogP) is 8.35. The van der Waals surface area contributed by atoms with E-state index in [2.05, 4.69) is 80.8 Å². The van der Waals surface area contributed by atoms with Gasteiger partial charge in [-0.15, -0.1) is 0 Å². The van der Waals surface area contributed by atoms with Gasteiger partial charge >= 0.3 is 0 Å². The van der Waals surface area contributed by atoms with Crippen LogP contribution in [0.1, 0.15) is 90.2 Å². The summed E-state index contributed by atoms with van der Waals surface area (Å²) in [5, 5.41) is 52.9. The number of carbonyl (C=O) groups excluding carboxylic acids is 1. The van der Waals surface area contributed by atoms with E-state index in [1.54, 1.807) is 18.6 Å². The van der Waals surface area contributed by atoms with Crippen molar-refractivity contribution >= 4 is 55.7 Å². The molecule has 0 unspecified atom stereocenters. The van der Waals surface area contributed by atoms with E-state index in [4.69, 9.17) is 15.8 Å². The lowest BCUT2D eigenvalue weighted by Crippen LogP contribution is -2.40. The third kappa shape index (κ3) is 8.74. The average Bonchev–Trinajstić information content (AvgIpc) is 4.00. The van der Waals surface area contributed by atoms with E-state index in [-0.39, 0.29) is 30.3 Å². The van der Waals surface area contributed by atoms with E-state index >= 15 is 0 Å². The number of benzene rings is 3. The van der Waals surface area contributed by atoms with Crippen molar-refractivity contribution in [2.75, 3.05) is 14.7 Å². The Bertz CT molecular complexity index is 2580. The molecule has 0 amide bonds. The van der Waals surface area contributed by atoms with Crippen molar-refractivity contribution in [2.45, 2.75) is 122 Å². The molecular formula is C50H53N9O3. The van der Waals surface area contributed by atoms with Crippen LogP contribution in [0.25, 0.3) is 32.3 Å². The highest BCUT2D eigenvalue weighted by Gasteiger charge is 2.35. The zero-order valence-corrected chi connectivity index (χ0v) is 35.9. The Hall–Kier alpha value is -6.65. The van der Waals surface area contributed by atoms with E-state index in [1.165, 1.54) is 0 Å².